The molecule has 1 aliphatic carbocycles. The summed E-state index contributed by atoms with van der Waals surface area (Å²) in [6, 6.07) is 6.42. The summed E-state index contributed by atoms with van der Waals surface area (Å²) in [6.45, 7) is 3.01. The lowest BCUT2D eigenvalue weighted by Crippen LogP contribution is -2.24. The molecule has 0 amide bonds. The molecule has 0 bridgehead atoms. The highest BCUT2D eigenvalue weighted by molar-refractivity contribution is 5.84. The third kappa shape index (κ3) is 1.45. The molecule has 3 rings (SSSR count). The second-order valence-corrected chi connectivity index (χ2v) is 4.83. The molecule has 1 atom stereocenters. The van der Waals surface area contributed by atoms with Crippen molar-refractivity contribution in [2.24, 2.45) is 0 Å². The lowest BCUT2D eigenvalue weighted by molar-refractivity contribution is 0.212. The summed E-state index contributed by atoms with van der Waals surface area (Å²) in [5.74, 6) is 0. The number of aliphatic hydroxyl groups excluding tert-OH is 1. The van der Waals surface area contributed by atoms with Crippen LogP contribution in [0.4, 0.5) is 5.69 Å². The van der Waals surface area contributed by atoms with E-state index < -0.39 is 0 Å². The van der Waals surface area contributed by atoms with Crippen LogP contribution in [0.1, 0.15) is 30.4 Å². The zero-order valence-corrected chi connectivity index (χ0v) is 9.59. The molecule has 84 valence electrons. The van der Waals surface area contributed by atoms with Crippen molar-refractivity contribution in [2.45, 2.75) is 32.3 Å². The van der Waals surface area contributed by atoms with Crippen molar-refractivity contribution in [3.05, 3.63) is 34.9 Å². The fourth-order valence-electron chi connectivity index (χ4n) is 2.81. The molecule has 0 radical (unpaired) electrons. The van der Waals surface area contributed by atoms with Crippen molar-refractivity contribution in [1.29, 1.82) is 0 Å². The van der Waals surface area contributed by atoms with E-state index in [1.807, 2.05) is 0 Å². The number of nitrogens with one attached hydrogen (secondary N) is 1. The summed E-state index contributed by atoms with van der Waals surface area (Å²) in [5.41, 5.74) is 6.24. The summed E-state index contributed by atoms with van der Waals surface area (Å²) in [4.78, 5) is 0. The monoisotopic (exact) mass is 215 g/mol. The number of aryl methyl sites for hydroxylation is 1. The summed E-state index contributed by atoms with van der Waals surface area (Å²) >= 11 is 0. The summed E-state index contributed by atoms with van der Waals surface area (Å²) in [7, 11) is 0. The molecular weight excluding hydrogens is 198 g/mol. The van der Waals surface area contributed by atoms with E-state index in [9.17, 15) is 5.11 Å². The molecule has 1 aliphatic heterocycles. The third-order valence-electron chi connectivity index (χ3n) is 3.63. The van der Waals surface area contributed by atoms with Gasteiger partial charge in [-0.3, -0.25) is 0 Å². The summed E-state index contributed by atoms with van der Waals surface area (Å²) in [6.07, 6.45) is 2.90. The molecule has 2 nitrogen and oxygen atoms in total. The second kappa shape index (κ2) is 3.63. The number of benzene rings is 1. The van der Waals surface area contributed by atoms with E-state index in [4.69, 9.17) is 0 Å². The predicted molar refractivity (Wildman–Crippen MR) is 66.4 cm³/mol. The van der Waals surface area contributed by atoms with Crippen LogP contribution in [0.2, 0.25) is 0 Å². The maximum atomic E-state index is 10.2. The molecule has 0 spiro atoms. The van der Waals surface area contributed by atoms with Crippen molar-refractivity contribution in [3.8, 4) is 0 Å². The van der Waals surface area contributed by atoms with Gasteiger partial charge >= 0.3 is 0 Å². The molecule has 0 saturated heterocycles. The van der Waals surface area contributed by atoms with E-state index in [0.29, 0.717) is 0 Å². The van der Waals surface area contributed by atoms with E-state index in [1.165, 1.54) is 28.0 Å². The highest BCUT2D eigenvalue weighted by Gasteiger charge is 2.26. The first-order valence-electron chi connectivity index (χ1n) is 6.00. The number of hydrogen-bond donors (Lipinski definition) is 2. The minimum Gasteiger partial charge on any atom is -0.388 e. The van der Waals surface area contributed by atoms with Gasteiger partial charge in [0.2, 0.25) is 0 Å². The standard InChI is InChI=1S/C14H17NO/c1-9-5-6-12-11(7-9)14-10(8-15-12)3-2-4-13(14)16/h5-7,13,15-16H,2-4,8H2,1H3. The predicted octanol–water partition coefficient (Wildman–Crippen LogP) is 2.72. The maximum Gasteiger partial charge on any atom is 0.0796 e. The van der Waals surface area contributed by atoms with E-state index >= 15 is 0 Å². The molecule has 0 saturated carbocycles. The first-order valence-corrected chi connectivity index (χ1v) is 6.00. The van der Waals surface area contributed by atoms with Gasteiger partial charge in [-0.05, 0) is 49.5 Å². The largest absolute Gasteiger partial charge is 0.388 e. The molecule has 1 aromatic carbocycles. The van der Waals surface area contributed by atoms with Gasteiger partial charge in [0.15, 0.2) is 0 Å². The Morgan fingerprint density at radius 2 is 2.25 bits per heavy atom. The van der Waals surface area contributed by atoms with E-state index in [2.05, 4.69) is 30.4 Å². The Morgan fingerprint density at radius 3 is 3.12 bits per heavy atom. The zero-order chi connectivity index (χ0) is 11.1. The van der Waals surface area contributed by atoms with E-state index in [-0.39, 0.29) is 6.10 Å². The number of anilines is 1. The Balaban J connectivity index is 2.17. The molecule has 1 heterocycles. The van der Waals surface area contributed by atoms with Crippen molar-refractivity contribution in [2.75, 3.05) is 11.9 Å². The summed E-state index contributed by atoms with van der Waals surface area (Å²) in [5, 5.41) is 13.6. The molecule has 0 fully saturated rings. The van der Waals surface area contributed by atoms with Crippen molar-refractivity contribution in [3.63, 3.8) is 0 Å². The number of rotatable bonds is 0. The van der Waals surface area contributed by atoms with Crippen LogP contribution in [-0.4, -0.2) is 17.8 Å². The quantitative estimate of drug-likeness (QED) is 0.697. The third-order valence-corrected chi connectivity index (χ3v) is 3.63. The molecule has 0 aromatic heterocycles. The van der Waals surface area contributed by atoms with Crippen LogP contribution in [-0.2, 0) is 0 Å². The van der Waals surface area contributed by atoms with Crippen LogP contribution >= 0.6 is 0 Å². The molecule has 2 aliphatic rings. The number of hydrogen-bond acceptors (Lipinski definition) is 2. The first-order chi connectivity index (χ1) is 7.75. The highest BCUT2D eigenvalue weighted by Crippen LogP contribution is 2.39. The van der Waals surface area contributed by atoms with Crippen LogP contribution in [0.15, 0.2) is 23.8 Å². The first kappa shape index (κ1) is 9.91. The van der Waals surface area contributed by atoms with Crippen LogP contribution < -0.4 is 5.32 Å². The van der Waals surface area contributed by atoms with Gasteiger partial charge in [0.05, 0.1) is 6.10 Å². The SMILES string of the molecule is Cc1ccc2c(c1)C1=C(CCCC1O)CN2. The van der Waals surface area contributed by atoms with Gasteiger partial charge in [0.25, 0.3) is 0 Å². The van der Waals surface area contributed by atoms with E-state index in [0.717, 1.165) is 25.8 Å². The lowest BCUT2D eigenvalue weighted by Gasteiger charge is -2.31. The Morgan fingerprint density at radius 1 is 1.38 bits per heavy atom. The van der Waals surface area contributed by atoms with Crippen LogP contribution in [0.25, 0.3) is 5.57 Å². The Bertz CT molecular complexity index is 462. The smallest absolute Gasteiger partial charge is 0.0796 e. The fraction of sp³-hybridized carbons (Fsp3) is 0.429. The minimum atomic E-state index is -0.258. The van der Waals surface area contributed by atoms with Crippen LogP contribution in [0, 0.1) is 6.92 Å². The van der Waals surface area contributed by atoms with Gasteiger partial charge in [0.1, 0.15) is 0 Å². The molecule has 1 aromatic rings. The van der Waals surface area contributed by atoms with Gasteiger partial charge < -0.3 is 10.4 Å². The Labute approximate surface area is 96.0 Å². The van der Waals surface area contributed by atoms with Gasteiger partial charge in [-0.25, -0.2) is 0 Å². The average Bonchev–Trinajstić information content (AvgIpc) is 2.28. The van der Waals surface area contributed by atoms with Crippen molar-refractivity contribution >= 4 is 11.3 Å². The molecular formula is C14H17NO. The van der Waals surface area contributed by atoms with Gasteiger partial charge in [0, 0.05) is 17.8 Å². The number of fused-ring (bicyclic) bond motifs is 2. The molecule has 2 N–H and O–H groups in total. The van der Waals surface area contributed by atoms with E-state index in [1.54, 1.807) is 0 Å². The molecule has 16 heavy (non-hydrogen) atoms. The summed E-state index contributed by atoms with van der Waals surface area (Å²) < 4.78 is 0. The lowest BCUT2D eigenvalue weighted by atomic mass is 9.82. The average molecular weight is 215 g/mol. The second-order valence-electron chi connectivity index (χ2n) is 4.83. The van der Waals surface area contributed by atoms with Crippen LogP contribution in [0.5, 0.6) is 0 Å². The molecule has 2 heteroatoms. The zero-order valence-electron chi connectivity index (χ0n) is 9.59. The van der Waals surface area contributed by atoms with Gasteiger partial charge in [-0.2, -0.15) is 0 Å². The number of aliphatic hydroxyl groups is 1. The highest BCUT2D eigenvalue weighted by atomic mass is 16.3. The van der Waals surface area contributed by atoms with Crippen molar-refractivity contribution < 1.29 is 5.11 Å². The van der Waals surface area contributed by atoms with Crippen LogP contribution in [0.3, 0.4) is 0 Å². The minimum absolute atomic E-state index is 0.258. The normalized spacial score (nSPS) is 23.5. The Hall–Kier alpha value is -1.28. The Kier molecular flexibility index (Phi) is 2.25. The topological polar surface area (TPSA) is 32.3 Å². The maximum absolute atomic E-state index is 10.2. The van der Waals surface area contributed by atoms with Crippen molar-refractivity contribution in [1.82, 2.24) is 0 Å². The van der Waals surface area contributed by atoms with Gasteiger partial charge in [-0.1, -0.05) is 11.6 Å². The fourth-order valence-corrected chi connectivity index (χ4v) is 2.81. The molecule has 1 unspecified atom stereocenters. The van der Waals surface area contributed by atoms with Gasteiger partial charge in [-0.15, -0.1) is 0 Å².